The van der Waals surface area contributed by atoms with Crippen molar-refractivity contribution >= 4 is 18.4 Å². The smallest absolute Gasteiger partial charge is 0.602 e. The Morgan fingerprint density at radius 1 is 1.36 bits per heavy atom. The standard InChI is InChI=1S/C16H25BFNO3/c1-10(2)12-7-6-11(3)13-8-14(21-16(12)13)17(18)19(4,5)9-15(20)22-17/h8,10-12H,6-7,9H2,1-5H3/t11-,12+,17?/m1/s1. The molecule has 1 aliphatic carbocycles. The number of carbonyl (C=O) groups excluding carboxylic acids is 1. The van der Waals surface area contributed by atoms with Gasteiger partial charge in [-0.25, -0.2) is 0 Å². The molecule has 3 atom stereocenters. The van der Waals surface area contributed by atoms with Gasteiger partial charge in [0.2, 0.25) is 0 Å². The van der Waals surface area contributed by atoms with Crippen molar-refractivity contribution < 1.29 is 22.6 Å². The molecule has 0 aromatic carbocycles. The first-order valence-corrected chi connectivity index (χ1v) is 8.17. The van der Waals surface area contributed by atoms with Gasteiger partial charge in [-0.15, -0.1) is 0 Å². The van der Waals surface area contributed by atoms with Crippen LogP contribution in [0.5, 0.6) is 0 Å². The summed E-state index contributed by atoms with van der Waals surface area (Å²) in [5, 5.41) is 0. The Labute approximate surface area is 131 Å². The van der Waals surface area contributed by atoms with Gasteiger partial charge in [0.05, 0.1) is 5.66 Å². The Morgan fingerprint density at radius 3 is 2.59 bits per heavy atom. The average molecular weight is 309 g/mol. The third-order valence-corrected chi connectivity index (χ3v) is 5.47. The van der Waals surface area contributed by atoms with E-state index in [2.05, 4.69) is 20.8 Å². The fraction of sp³-hybridized carbons (Fsp3) is 0.688. The van der Waals surface area contributed by atoms with E-state index >= 15 is 4.32 Å². The summed E-state index contributed by atoms with van der Waals surface area (Å²) in [5.41, 5.74) is 1.28. The van der Waals surface area contributed by atoms with Gasteiger partial charge in [0, 0.05) is 20.0 Å². The first kappa shape index (κ1) is 15.6. The SMILES string of the molecule is CC(C)[C@@H]1CC[C@@H](C)c2cc([B-]3(F)OC(=O)C[N+]3(C)C)oc21. The van der Waals surface area contributed by atoms with Crippen molar-refractivity contribution in [3.05, 3.63) is 17.4 Å². The van der Waals surface area contributed by atoms with Crippen LogP contribution in [-0.2, 0) is 9.45 Å². The van der Waals surface area contributed by atoms with Crippen LogP contribution in [0, 0.1) is 5.92 Å². The maximum absolute atomic E-state index is 15.5. The Morgan fingerprint density at radius 2 is 2.05 bits per heavy atom. The predicted molar refractivity (Wildman–Crippen MR) is 83.5 cm³/mol. The summed E-state index contributed by atoms with van der Waals surface area (Å²) in [6, 6.07) is 1.80. The van der Waals surface area contributed by atoms with Crippen molar-refractivity contribution in [3.63, 3.8) is 0 Å². The third-order valence-electron chi connectivity index (χ3n) is 5.47. The van der Waals surface area contributed by atoms with Crippen LogP contribution in [-0.4, -0.2) is 37.8 Å². The van der Waals surface area contributed by atoms with Gasteiger partial charge in [0.1, 0.15) is 12.3 Å². The van der Waals surface area contributed by atoms with Gasteiger partial charge in [0.15, 0.2) is 0 Å². The van der Waals surface area contributed by atoms with Gasteiger partial charge >= 0.3 is 12.7 Å². The second kappa shape index (κ2) is 4.85. The van der Waals surface area contributed by atoms with Crippen molar-refractivity contribution in [2.45, 2.75) is 45.4 Å². The van der Waals surface area contributed by atoms with E-state index in [1.54, 1.807) is 20.2 Å². The van der Waals surface area contributed by atoms with Crippen molar-refractivity contribution in [1.29, 1.82) is 0 Å². The zero-order valence-electron chi connectivity index (χ0n) is 14.1. The Hall–Kier alpha value is -1.30. The van der Waals surface area contributed by atoms with Crippen molar-refractivity contribution in [2.75, 3.05) is 20.6 Å². The maximum atomic E-state index is 15.5. The molecule has 122 valence electrons. The van der Waals surface area contributed by atoms with Crippen molar-refractivity contribution in [1.82, 2.24) is 0 Å². The highest BCUT2D eigenvalue weighted by Gasteiger charge is 2.59. The zero-order chi connectivity index (χ0) is 16.3. The number of nitrogens with zero attached hydrogens (tertiary/aromatic N) is 1. The van der Waals surface area contributed by atoms with Crippen LogP contribution in [0.3, 0.4) is 0 Å². The summed E-state index contributed by atoms with van der Waals surface area (Å²) >= 11 is 0. The molecule has 22 heavy (non-hydrogen) atoms. The number of hydrogen-bond donors (Lipinski definition) is 0. The highest BCUT2D eigenvalue weighted by Crippen LogP contribution is 2.43. The van der Waals surface area contributed by atoms with Crippen LogP contribution < -0.4 is 5.66 Å². The van der Waals surface area contributed by atoms with Gasteiger partial charge in [-0.3, -0.25) is 4.79 Å². The molecule has 1 fully saturated rings. The van der Waals surface area contributed by atoms with Gasteiger partial charge in [-0.05, 0) is 36.3 Å². The number of hydrogen-bond acceptors (Lipinski definition) is 3. The minimum atomic E-state index is -3.00. The molecule has 1 saturated heterocycles. The first-order valence-electron chi connectivity index (χ1n) is 8.17. The van der Waals surface area contributed by atoms with Crippen molar-refractivity contribution in [2.24, 2.45) is 5.92 Å². The lowest BCUT2D eigenvalue weighted by atomic mass is 9.68. The molecule has 3 rings (SSSR count). The number of rotatable bonds is 2. The number of halogens is 1. The lowest BCUT2D eigenvalue weighted by Gasteiger charge is -2.39. The number of furan rings is 1. The molecule has 4 nitrogen and oxygen atoms in total. The predicted octanol–water partition coefficient (Wildman–Crippen LogP) is 2.67. The van der Waals surface area contributed by atoms with E-state index in [9.17, 15) is 4.79 Å². The molecule has 1 aromatic heterocycles. The maximum Gasteiger partial charge on any atom is 0.626 e. The van der Waals surface area contributed by atoms with E-state index in [4.69, 9.17) is 9.07 Å². The van der Waals surface area contributed by atoms with E-state index in [1.165, 1.54) is 0 Å². The molecule has 2 heterocycles. The molecule has 0 N–H and O–H groups in total. The molecule has 2 aliphatic rings. The van der Waals surface area contributed by atoms with Gasteiger partial charge < -0.3 is 17.8 Å². The number of carbonyl (C=O) groups is 1. The minimum absolute atomic E-state index is 0.0328. The Kier molecular flexibility index (Phi) is 3.44. The monoisotopic (exact) mass is 309 g/mol. The molecule has 0 bridgehead atoms. The quantitative estimate of drug-likeness (QED) is 0.789. The molecular weight excluding hydrogens is 284 g/mol. The highest BCUT2D eigenvalue weighted by molar-refractivity contribution is 6.75. The molecule has 0 radical (unpaired) electrons. The molecule has 1 unspecified atom stereocenters. The minimum Gasteiger partial charge on any atom is -0.602 e. The molecule has 0 amide bonds. The lowest BCUT2D eigenvalue weighted by Crippen LogP contribution is -2.65. The molecule has 1 aromatic rings. The van der Waals surface area contributed by atoms with Crippen LogP contribution in [0.2, 0.25) is 0 Å². The summed E-state index contributed by atoms with van der Waals surface area (Å²) < 4.78 is 26.5. The van der Waals surface area contributed by atoms with E-state index in [1.807, 2.05) is 0 Å². The van der Waals surface area contributed by atoms with Crippen LogP contribution in [0.15, 0.2) is 10.5 Å². The summed E-state index contributed by atoms with van der Waals surface area (Å²) in [6.07, 6.45) is 2.14. The Balaban J connectivity index is 2.07. The first-order chi connectivity index (χ1) is 10.2. The zero-order valence-corrected chi connectivity index (χ0v) is 14.1. The summed E-state index contributed by atoms with van der Waals surface area (Å²) in [4.78, 5) is 11.6. The second-order valence-electron chi connectivity index (χ2n) is 7.87. The number of quaternary nitrogens is 1. The normalized spacial score (nSPS) is 33.9. The molecule has 0 saturated carbocycles. The van der Waals surface area contributed by atoms with Crippen molar-refractivity contribution in [3.8, 4) is 0 Å². The second-order valence-corrected chi connectivity index (χ2v) is 7.87. The Bertz CT molecular complexity index is 613. The fourth-order valence-corrected chi connectivity index (χ4v) is 3.85. The number of fused-ring (bicyclic) bond motifs is 1. The van der Waals surface area contributed by atoms with Crippen LogP contribution in [0.1, 0.15) is 56.8 Å². The number of likely N-dealkylation sites (N-methyl/N-ethyl adjacent to an activating group) is 1. The molecular formula is C16H25BFNO3. The topological polar surface area (TPSA) is 39.4 Å². The summed E-state index contributed by atoms with van der Waals surface area (Å²) in [7, 11) is 3.35. The van der Waals surface area contributed by atoms with E-state index < -0.39 is 12.7 Å². The summed E-state index contributed by atoms with van der Waals surface area (Å²) in [6.45, 7) is 3.51. The van der Waals surface area contributed by atoms with E-state index in [-0.39, 0.29) is 16.6 Å². The van der Waals surface area contributed by atoms with E-state index in [0.29, 0.717) is 17.8 Å². The van der Waals surface area contributed by atoms with Gasteiger partial charge in [0.25, 0.3) is 0 Å². The largest absolute Gasteiger partial charge is 0.626 e. The molecule has 6 heteroatoms. The third kappa shape index (κ3) is 2.11. The molecule has 1 aliphatic heterocycles. The van der Waals surface area contributed by atoms with Gasteiger partial charge in [-0.1, -0.05) is 20.8 Å². The summed E-state index contributed by atoms with van der Waals surface area (Å²) in [5.74, 6) is 1.50. The van der Waals surface area contributed by atoms with E-state index in [0.717, 1.165) is 24.2 Å². The van der Waals surface area contributed by atoms with Crippen LogP contribution >= 0.6 is 0 Å². The highest BCUT2D eigenvalue weighted by atomic mass is 19.1. The fourth-order valence-electron chi connectivity index (χ4n) is 3.85. The van der Waals surface area contributed by atoms with Gasteiger partial charge in [-0.2, -0.15) is 0 Å². The lowest BCUT2D eigenvalue weighted by molar-refractivity contribution is -0.785. The van der Waals surface area contributed by atoms with Crippen LogP contribution in [0.4, 0.5) is 4.32 Å². The molecule has 0 spiro atoms. The van der Waals surface area contributed by atoms with Crippen LogP contribution in [0.25, 0.3) is 0 Å². The average Bonchev–Trinajstić information content (AvgIpc) is 2.91.